The molecule has 1 aliphatic heterocycles. The van der Waals surface area contributed by atoms with Crippen LogP contribution in [0.2, 0.25) is 0 Å². The Morgan fingerprint density at radius 3 is 2.58 bits per heavy atom. The summed E-state index contributed by atoms with van der Waals surface area (Å²) in [4.78, 5) is 0. The Morgan fingerprint density at radius 2 is 2.17 bits per heavy atom. The molecule has 1 N–H and O–H groups in total. The molecule has 0 radical (unpaired) electrons. The second-order valence-electron chi connectivity index (χ2n) is 3.03. The first-order chi connectivity index (χ1) is 5.70. The van der Waals surface area contributed by atoms with Crippen LogP contribution in [0.3, 0.4) is 0 Å². The second-order valence-corrected chi connectivity index (χ2v) is 3.03. The number of hydrogen-bond acceptors (Lipinski definition) is 4. The maximum atomic E-state index is 9.62. The number of ether oxygens (including phenoxy) is 3. The van der Waals surface area contributed by atoms with E-state index in [0.717, 1.165) is 0 Å². The van der Waals surface area contributed by atoms with Crippen LogP contribution in [0.25, 0.3) is 0 Å². The van der Waals surface area contributed by atoms with E-state index in [0.29, 0.717) is 6.61 Å². The predicted molar refractivity (Wildman–Crippen MR) is 45.9 cm³/mol. The molecule has 1 saturated heterocycles. The van der Waals surface area contributed by atoms with Crippen LogP contribution in [0.1, 0.15) is 0 Å². The van der Waals surface area contributed by atoms with E-state index in [1.807, 2.05) is 7.85 Å². The Kier molecular flexibility index (Phi) is 3.52. The van der Waals surface area contributed by atoms with E-state index in [1.54, 1.807) is 14.2 Å². The van der Waals surface area contributed by atoms with Crippen molar-refractivity contribution in [2.24, 2.45) is 0 Å². The number of rotatable bonds is 3. The van der Waals surface area contributed by atoms with Crippen LogP contribution in [0.4, 0.5) is 0 Å². The summed E-state index contributed by atoms with van der Waals surface area (Å²) < 4.78 is 15.4. The zero-order valence-electron chi connectivity index (χ0n) is 7.69. The lowest BCUT2D eigenvalue weighted by Crippen LogP contribution is -2.35. The van der Waals surface area contributed by atoms with E-state index in [4.69, 9.17) is 14.2 Å². The Morgan fingerprint density at radius 1 is 1.50 bits per heavy atom. The quantitative estimate of drug-likeness (QED) is 0.521. The molecule has 12 heavy (non-hydrogen) atoms. The molecule has 0 aromatic heterocycles. The lowest BCUT2D eigenvalue weighted by molar-refractivity contribution is -0.0247. The van der Waals surface area contributed by atoms with Crippen molar-refractivity contribution in [3.8, 4) is 0 Å². The van der Waals surface area contributed by atoms with Crippen LogP contribution in [0.5, 0.6) is 0 Å². The molecule has 0 amide bonds. The minimum absolute atomic E-state index is 0.0647. The second kappa shape index (κ2) is 4.23. The van der Waals surface area contributed by atoms with Crippen LogP contribution in [-0.2, 0) is 14.2 Å². The van der Waals surface area contributed by atoms with E-state index in [-0.39, 0.29) is 18.2 Å². The average Bonchev–Trinajstić information content (AvgIpc) is 2.29. The predicted octanol–water partition coefficient (Wildman–Crippen LogP) is -1.63. The SMILES string of the molecule is B[C@@H]1O[C@H](COC)C(O)C1OC. The van der Waals surface area contributed by atoms with Crippen LogP contribution in [0, 0.1) is 0 Å². The first kappa shape index (κ1) is 9.99. The summed E-state index contributed by atoms with van der Waals surface area (Å²) >= 11 is 0. The molecule has 0 aliphatic carbocycles. The van der Waals surface area contributed by atoms with Crippen molar-refractivity contribution in [2.45, 2.75) is 24.3 Å². The topological polar surface area (TPSA) is 47.9 Å². The maximum Gasteiger partial charge on any atom is 0.142 e. The lowest BCUT2D eigenvalue weighted by atomic mass is 9.93. The molecule has 4 atom stereocenters. The smallest absolute Gasteiger partial charge is 0.142 e. The highest BCUT2D eigenvalue weighted by atomic mass is 16.6. The van der Waals surface area contributed by atoms with Crippen LogP contribution < -0.4 is 0 Å². The molecule has 0 spiro atoms. The first-order valence-corrected chi connectivity index (χ1v) is 4.06. The van der Waals surface area contributed by atoms with Crippen molar-refractivity contribution in [1.29, 1.82) is 0 Å². The summed E-state index contributed by atoms with van der Waals surface area (Å²) in [6.45, 7) is 0.408. The molecular weight excluding hydrogens is 159 g/mol. The van der Waals surface area contributed by atoms with Crippen LogP contribution in [-0.4, -0.2) is 58.1 Å². The number of aliphatic hydroxyl groups is 1. The van der Waals surface area contributed by atoms with Gasteiger partial charge in [0.1, 0.15) is 26.2 Å². The van der Waals surface area contributed by atoms with E-state index >= 15 is 0 Å². The zero-order chi connectivity index (χ0) is 9.14. The van der Waals surface area contributed by atoms with E-state index < -0.39 is 6.10 Å². The Balaban J connectivity index is 2.49. The van der Waals surface area contributed by atoms with Gasteiger partial charge < -0.3 is 19.3 Å². The Labute approximate surface area is 73.2 Å². The fourth-order valence-corrected chi connectivity index (χ4v) is 1.56. The summed E-state index contributed by atoms with van der Waals surface area (Å²) in [5.41, 5.74) is 0. The van der Waals surface area contributed by atoms with Gasteiger partial charge in [-0.3, -0.25) is 0 Å². The van der Waals surface area contributed by atoms with Gasteiger partial charge in [-0.15, -0.1) is 0 Å². The molecule has 5 heteroatoms. The van der Waals surface area contributed by atoms with Gasteiger partial charge in [0.15, 0.2) is 0 Å². The fourth-order valence-electron chi connectivity index (χ4n) is 1.56. The van der Waals surface area contributed by atoms with Gasteiger partial charge in [0, 0.05) is 14.2 Å². The van der Waals surface area contributed by atoms with Gasteiger partial charge in [-0.1, -0.05) is 0 Å². The molecular formula is C7H15BO4. The van der Waals surface area contributed by atoms with Crippen LogP contribution in [0.15, 0.2) is 0 Å². The summed E-state index contributed by atoms with van der Waals surface area (Å²) in [7, 11) is 5.04. The number of hydrogen-bond donors (Lipinski definition) is 1. The zero-order valence-corrected chi connectivity index (χ0v) is 7.69. The minimum Gasteiger partial charge on any atom is -0.388 e. The summed E-state index contributed by atoms with van der Waals surface area (Å²) in [6, 6.07) is -0.0647. The highest BCUT2D eigenvalue weighted by Crippen LogP contribution is 2.21. The van der Waals surface area contributed by atoms with Gasteiger partial charge in [-0.25, -0.2) is 0 Å². The molecule has 1 fully saturated rings. The van der Waals surface area contributed by atoms with E-state index in [2.05, 4.69) is 0 Å². The molecule has 0 saturated carbocycles. The van der Waals surface area contributed by atoms with Crippen molar-refractivity contribution in [2.75, 3.05) is 20.8 Å². The van der Waals surface area contributed by atoms with Crippen molar-refractivity contribution in [1.82, 2.24) is 0 Å². The van der Waals surface area contributed by atoms with Gasteiger partial charge in [0.25, 0.3) is 0 Å². The lowest BCUT2D eigenvalue weighted by Gasteiger charge is -2.15. The standard InChI is InChI=1S/C7H15BO4/c1-10-3-4-5(9)6(11-2)7(8)12-4/h4-7,9H,3,8H2,1-2H3/t4-,5?,6?,7-/m1/s1. The first-order valence-electron chi connectivity index (χ1n) is 4.06. The molecule has 70 valence electrons. The van der Waals surface area contributed by atoms with Gasteiger partial charge in [-0.2, -0.15) is 0 Å². The molecule has 1 heterocycles. The summed E-state index contributed by atoms with van der Waals surface area (Å²) in [5.74, 6) is 0. The summed E-state index contributed by atoms with van der Waals surface area (Å²) in [5, 5.41) is 9.62. The van der Waals surface area contributed by atoms with Crippen molar-refractivity contribution in [3.63, 3.8) is 0 Å². The van der Waals surface area contributed by atoms with Gasteiger partial charge >= 0.3 is 0 Å². The molecule has 0 aromatic carbocycles. The van der Waals surface area contributed by atoms with Crippen molar-refractivity contribution in [3.05, 3.63) is 0 Å². The fraction of sp³-hybridized carbons (Fsp3) is 1.00. The molecule has 1 rings (SSSR count). The largest absolute Gasteiger partial charge is 0.388 e. The molecule has 0 aromatic rings. The van der Waals surface area contributed by atoms with Crippen molar-refractivity contribution >= 4 is 7.85 Å². The van der Waals surface area contributed by atoms with Crippen LogP contribution >= 0.6 is 0 Å². The van der Waals surface area contributed by atoms with Gasteiger partial charge in [0.05, 0.1) is 12.6 Å². The van der Waals surface area contributed by atoms with E-state index in [1.165, 1.54) is 0 Å². The van der Waals surface area contributed by atoms with Crippen molar-refractivity contribution < 1.29 is 19.3 Å². The number of aliphatic hydroxyl groups excluding tert-OH is 1. The molecule has 0 bridgehead atoms. The third-order valence-corrected chi connectivity index (χ3v) is 2.17. The van der Waals surface area contributed by atoms with E-state index in [9.17, 15) is 5.11 Å². The average molecular weight is 174 g/mol. The third-order valence-electron chi connectivity index (χ3n) is 2.17. The maximum absolute atomic E-state index is 9.62. The highest BCUT2D eigenvalue weighted by Gasteiger charge is 2.40. The molecule has 1 aliphatic rings. The Bertz CT molecular complexity index is 143. The molecule has 2 unspecified atom stereocenters. The Hall–Kier alpha value is -0.0951. The summed E-state index contributed by atoms with van der Waals surface area (Å²) in [6.07, 6.45) is -1.06. The molecule has 4 nitrogen and oxygen atoms in total. The minimum atomic E-state index is -0.579. The monoisotopic (exact) mass is 174 g/mol. The third kappa shape index (κ3) is 1.80. The highest BCUT2D eigenvalue weighted by molar-refractivity contribution is 6.11. The number of methoxy groups -OCH3 is 2. The van der Waals surface area contributed by atoms with Gasteiger partial charge in [0.2, 0.25) is 0 Å². The van der Waals surface area contributed by atoms with Gasteiger partial charge in [-0.05, 0) is 0 Å². The normalized spacial score (nSPS) is 41.9.